The third kappa shape index (κ3) is 11.6. The first-order chi connectivity index (χ1) is 19.7. The van der Waals surface area contributed by atoms with E-state index in [-0.39, 0.29) is 12.6 Å². The summed E-state index contributed by atoms with van der Waals surface area (Å²) in [6.07, 6.45) is -10.5. The smallest absolute Gasteiger partial charge is 0.350 e. The Morgan fingerprint density at radius 3 is 2.09 bits per heavy atom. The summed E-state index contributed by atoms with van der Waals surface area (Å²) in [5.74, 6) is -5.19. The molecule has 15 heteroatoms. The zero-order chi connectivity index (χ0) is 32.8. The Morgan fingerprint density at radius 2 is 1.53 bits per heavy atom. The summed E-state index contributed by atoms with van der Waals surface area (Å²) in [5, 5.41) is 11.6. The van der Waals surface area contributed by atoms with Crippen molar-refractivity contribution in [2.75, 3.05) is 18.4 Å². The van der Waals surface area contributed by atoms with Gasteiger partial charge in [0, 0.05) is 29.9 Å². The van der Waals surface area contributed by atoms with E-state index in [1.54, 1.807) is 20.8 Å². The Kier molecular flexibility index (Phi) is 11.3. The maximum absolute atomic E-state index is 13.3. The summed E-state index contributed by atoms with van der Waals surface area (Å²) >= 11 is 0. The number of halogens is 6. The fourth-order valence-electron chi connectivity index (χ4n) is 3.77. The van der Waals surface area contributed by atoms with Crippen molar-refractivity contribution < 1.29 is 45.5 Å². The zero-order valence-electron chi connectivity index (χ0n) is 24.1. The summed E-state index contributed by atoms with van der Waals surface area (Å²) in [5.41, 5.74) is -0.791. The molecule has 0 fully saturated rings. The van der Waals surface area contributed by atoms with Gasteiger partial charge in [-0.1, -0.05) is 23.8 Å². The lowest BCUT2D eigenvalue weighted by Gasteiger charge is -2.26. The number of aryl methyl sites for hydroxylation is 2. The monoisotopic (exact) mass is 617 g/mol. The maximum Gasteiger partial charge on any atom is 0.471 e. The van der Waals surface area contributed by atoms with E-state index in [1.807, 2.05) is 32.0 Å². The number of carbonyl (C=O) groups is 4. The first-order valence-electron chi connectivity index (χ1n) is 12.9. The molecule has 43 heavy (non-hydrogen) atoms. The molecule has 236 valence electrons. The molecule has 0 radical (unpaired) electrons. The van der Waals surface area contributed by atoms with Crippen LogP contribution in [0, 0.1) is 13.8 Å². The third-order valence-electron chi connectivity index (χ3n) is 5.76. The van der Waals surface area contributed by atoms with Crippen molar-refractivity contribution in [1.29, 1.82) is 0 Å². The lowest BCUT2D eigenvalue weighted by molar-refractivity contribution is -0.167. The van der Waals surface area contributed by atoms with E-state index in [0.29, 0.717) is 18.7 Å². The molecule has 0 saturated carbocycles. The number of hydrogen-bond acceptors (Lipinski definition) is 5. The second kappa shape index (κ2) is 13.9. The highest BCUT2D eigenvalue weighted by molar-refractivity contribution is 6.00. The van der Waals surface area contributed by atoms with Crippen LogP contribution in [0.25, 0.3) is 0 Å². The Bertz CT molecular complexity index is 1350. The number of rotatable bonds is 10. The van der Waals surface area contributed by atoms with E-state index in [2.05, 4.69) is 21.3 Å². The lowest BCUT2D eigenvalue weighted by Crippen LogP contribution is -2.56. The molecular weight excluding hydrogens is 584 g/mol. The number of carbonyl (C=O) groups excluding carboxylic acids is 4. The predicted molar refractivity (Wildman–Crippen MR) is 146 cm³/mol. The van der Waals surface area contributed by atoms with Crippen molar-refractivity contribution in [1.82, 2.24) is 21.3 Å². The van der Waals surface area contributed by atoms with E-state index in [1.165, 1.54) is 5.32 Å². The summed E-state index contributed by atoms with van der Waals surface area (Å²) in [4.78, 5) is 49.3. The van der Waals surface area contributed by atoms with E-state index >= 15 is 0 Å². The normalized spacial score (nSPS) is 12.7. The second-order valence-corrected chi connectivity index (χ2v) is 10.9. The summed E-state index contributed by atoms with van der Waals surface area (Å²) in [7, 11) is 0. The molecule has 0 aliphatic carbocycles. The minimum absolute atomic E-state index is 0.00912. The first-order valence-corrected chi connectivity index (χ1v) is 12.9. The fourth-order valence-corrected chi connectivity index (χ4v) is 3.77. The van der Waals surface area contributed by atoms with E-state index in [9.17, 15) is 45.5 Å². The van der Waals surface area contributed by atoms with Crippen LogP contribution in [-0.4, -0.2) is 54.5 Å². The van der Waals surface area contributed by atoms with Crippen LogP contribution in [0.4, 0.5) is 32.0 Å². The SMILES string of the molecule is Cc1ccc(CNCC(NC(=O)CNC(=O)c2cc(NC(=O)C(F)(F)F)cc(C(F)(F)F)c2)C(=O)NC(C)(C)C)c(C)c1. The van der Waals surface area contributed by atoms with Gasteiger partial charge in [-0.05, 0) is 63.9 Å². The minimum Gasteiger partial charge on any atom is -0.350 e. The van der Waals surface area contributed by atoms with Crippen molar-refractivity contribution in [2.24, 2.45) is 0 Å². The van der Waals surface area contributed by atoms with Gasteiger partial charge < -0.3 is 26.6 Å². The molecule has 0 aliphatic rings. The number of benzene rings is 2. The Hall–Kier alpha value is -4.14. The Morgan fingerprint density at radius 1 is 0.884 bits per heavy atom. The number of nitrogens with one attached hydrogen (secondary N) is 5. The van der Waals surface area contributed by atoms with E-state index in [0.717, 1.165) is 16.7 Å². The molecule has 0 aliphatic heterocycles. The molecule has 0 saturated heterocycles. The van der Waals surface area contributed by atoms with Crippen molar-refractivity contribution in [3.8, 4) is 0 Å². The number of hydrogen-bond donors (Lipinski definition) is 5. The quantitative estimate of drug-likeness (QED) is 0.260. The molecule has 2 rings (SSSR count). The fraction of sp³-hybridized carbons (Fsp3) is 0.429. The van der Waals surface area contributed by atoms with Crippen molar-refractivity contribution in [3.63, 3.8) is 0 Å². The Balaban J connectivity index is 2.13. The second-order valence-electron chi connectivity index (χ2n) is 10.9. The predicted octanol–water partition coefficient (Wildman–Crippen LogP) is 3.74. The van der Waals surface area contributed by atoms with Gasteiger partial charge >= 0.3 is 18.3 Å². The molecule has 0 aromatic heterocycles. The molecule has 0 spiro atoms. The molecule has 0 bridgehead atoms. The van der Waals surface area contributed by atoms with Crippen LogP contribution in [0.5, 0.6) is 0 Å². The van der Waals surface area contributed by atoms with Gasteiger partial charge in [0.05, 0.1) is 12.1 Å². The van der Waals surface area contributed by atoms with E-state index in [4.69, 9.17) is 0 Å². The molecule has 1 unspecified atom stereocenters. The lowest BCUT2D eigenvalue weighted by atomic mass is 10.1. The van der Waals surface area contributed by atoms with Gasteiger partial charge in [-0.3, -0.25) is 19.2 Å². The molecular formula is C28H33F6N5O4. The highest BCUT2D eigenvalue weighted by atomic mass is 19.4. The van der Waals surface area contributed by atoms with Crippen LogP contribution >= 0.6 is 0 Å². The number of anilines is 1. The van der Waals surface area contributed by atoms with Gasteiger partial charge in [0.2, 0.25) is 11.8 Å². The largest absolute Gasteiger partial charge is 0.471 e. The first kappa shape index (κ1) is 35.1. The molecule has 0 heterocycles. The van der Waals surface area contributed by atoms with Crippen LogP contribution in [-0.2, 0) is 27.1 Å². The minimum atomic E-state index is -5.39. The van der Waals surface area contributed by atoms with Crippen molar-refractivity contribution >= 4 is 29.3 Å². The maximum atomic E-state index is 13.3. The van der Waals surface area contributed by atoms with Crippen LogP contribution in [0.1, 0.15) is 53.4 Å². The number of alkyl halides is 6. The standard InChI is InChI=1S/C28H33F6N5O4/c1-15-6-7-17(16(2)8-15)12-35-13-21(24(42)39-26(3,4)5)38-22(40)14-36-23(41)18-9-19(27(29,30)31)11-20(10-18)37-25(43)28(32,33)34/h6-11,21,35H,12-14H2,1-5H3,(H,36,41)(H,37,43)(H,38,40)(H,39,42). The number of amides is 4. The van der Waals surface area contributed by atoms with Crippen LogP contribution in [0.3, 0.4) is 0 Å². The van der Waals surface area contributed by atoms with Gasteiger partial charge in [-0.15, -0.1) is 0 Å². The van der Waals surface area contributed by atoms with Gasteiger partial charge in [0.25, 0.3) is 5.91 Å². The highest BCUT2D eigenvalue weighted by Gasteiger charge is 2.39. The van der Waals surface area contributed by atoms with Crippen molar-refractivity contribution in [2.45, 2.75) is 65.1 Å². The topological polar surface area (TPSA) is 128 Å². The highest BCUT2D eigenvalue weighted by Crippen LogP contribution is 2.32. The average molecular weight is 618 g/mol. The van der Waals surface area contributed by atoms with Crippen molar-refractivity contribution in [3.05, 3.63) is 64.2 Å². The van der Waals surface area contributed by atoms with Crippen LogP contribution < -0.4 is 26.6 Å². The average Bonchev–Trinajstić information content (AvgIpc) is 2.85. The van der Waals surface area contributed by atoms with Crippen LogP contribution in [0.15, 0.2) is 36.4 Å². The van der Waals surface area contributed by atoms with E-state index < -0.39 is 70.9 Å². The molecule has 1 atom stereocenters. The van der Waals surface area contributed by atoms with Gasteiger partial charge in [-0.25, -0.2) is 0 Å². The third-order valence-corrected chi connectivity index (χ3v) is 5.76. The molecule has 5 N–H and O–H groups in total. The Labute approximate surface area is 244 Å². The van der Waals surface area contributed by atoms with Crippen LogP contribution in [0.2, 0.25) is 0 Å². The molecule has 9 nitrogen and oxygen atoms in total. The molecule has 4 amide bonds. The zero-order valence-corrected chi connectivity index (χ0v) is 24.1. The van der Waals surface area contributed by atoms with Gasteiger partial charge in [-0.2, -0.15) is 26.3 Å². The summed E-state index contributed by atoms with van der Waals surface area (Å²) in [6, 6.07) is 5.92. The summed E-state index contributed by atoms with van der Waals surface area (Å²) < 4.78 is 77.7. The van der Waals surface area contributed by atoms with Gasteiger partial charge in [0.15, 0.2) is 0 Å². The molecule has 2 aromatic carbocycles. The van der Waals surface area contributed by atoms with Gasteiger partial charge in [0.1, 0.15) is 6.04 Å². The molecule has 2 aromatic rings. The summed E-state index contributed by atoms with van der Waals surface area (Å²) in [6.45, 7) is 8.65.